The molecule has 1 atom stereocenters. The molecule has 1 aromatic heterocycles. The second-order valence-electron chi connectivity index (χ2n) is 6.87. The van der Waals surface area contributed by atoms with E-state index in [2.05, 4.69) is 11.4 Å². The Labute approximate surface area is 157 Å². The summed E-state index contributed by atoms with van der Waals surface area (Å²) in [6.07, 6.45) is 5.39. The van der Waals surface area contributed by atoms with E-state index in [0.717, 1.165) is 41.7 Å². The highest BCUT2D eigenvalue weighted by molar-refractivity contribution is 7.16. The number of carbonyl (C=O) groups excluding carboxylic acids is 1. The Morgan fingerprint density at radius 3 is 2.73 bits per heavy atom. The second-order valence-corrected chi connectivity index (χ2v) is 7.97. The molecule has 2 aromatic rings. The van der Waals surface area contributed by atoms with Crippen LogP contribution in [0.3, 0.4) is 0 Å². The van der Waals surface area contributed by atoms with Crippen LogP contribution >= 0.6 is 11.3 Å². The van der Waals surface area contributed by atoms with Gasteiger partial charge in [0.05, 0.1) is 12.6 Å². The minimum atomic E-state index is -0.259. The number of aryl methyl sites for hydroxylation is 1. The van der Waals surface area contributed by atoms with Gasteiger partial charge in [0.25, 0.3) is 5.91 Å². The van der Waals surface area contributed by atoms with E-state index in [9.17, 15) is 14.4 Å². The summed E-state index contributed by atoms with van der Waals surface area (Å²) in [5.74, 6) is -0.358. The number of quaternary nitrogens is 1. The number of nitrogens with zero attached hydrogens (tertiary/aromatic N) is 1. The lowest BCUT2D eigenvalue weighted by Gasteiger charge is -2.13. The van der Waals surface area contributed by atoms with Crippen molar-refractivity contribution in [3.05, 3.63) is 51.7 Å². The van der Waals surface area contributed by atoms with Crippen molar-refractivity contribution in [3.8, 4) is 6.07 Å². The first kappa shape index (κ1) is 18.6. The first-order chi connectivity index (χ1) is 12.6. The van der Waals surface area contributed by atoms with Crippen LogP contribution in [-0.4, -0.2) is 19.5 Å². The maximum absolute atomic E-state index is 13.0. The molecule has 1 aliphatic carbocycles. The fourth-order valence-electron chi connectivity index (χ4n) is 3.41. The van der Waals surface area contributed by atoms with Gasteiger partial charge in [-0.2, -0.15) is 5.26 Å². The fourth-order valence-corrected chi connectivity index (χ4v) is 4.66. The van der Waals surface area contributed by atoms with E-state index >= 15 is 0 Å². The Kier molecular flexibility index (Phi) is 6.02. The number of hydrogen-bond acceptors (Lipinski definition) is 3. The molecule has 0 radical (unpaired) electrons. The van der Waals surface area contributed by atoms with E-state index in [1.165, 1.54) is 23.4 Å². The SMILES string of the molecule is C[NH+](CC(=O)Nc1sc2c(c1C#N)CCCCC2)Cc1ccc(F)cc1. The Balaban J connectivity index is 1.63. The summed E-state index contributed by atoms with van der Waals surface area (Å²) in [6.45, 7) is 0.935. The Morgan fingerprint density at radius 2 is 2.00 bits per heavy atom. The smallest absolute Gasteiger partial charge is 0.280 e. The van der Waals surface area contributed by atoms with Crippen molar-refractivity contribution >= 4 is 22.2 Å². The summed E-state index contributed by atoms with van der Waals surface area (Å²) in [6, 6.07) is 8.62. The highest BCUT2D eigenvalue weighted by Gasteiger charge is 2.21. The number of nitriles is 1. The normalized spacial score (nSPS) is 14.8. The van der Waals surface area contributed by atoms with E-state index in [4.69, 9.17) is 0 Å². The third kappa shape index (κ3) is 4.48. The van der Waals surface area contributed by atoms with Gasteiger partial charge in [-0.1, -0.05) is 18.6 Å². The molecule has 0 bridgehead atoms. The van der Waals surface area contributed by atoms with Gasteiger partial charge < -0.3 is 10.2 Å². The summed E-state index contributed by atoms with van der Waals surface area (Å²) in [5.41, 5.74) is 2.77. The van der Waals surface area contributed by atoms with Crippen LogP contribution in [0.1, 0.15) is 40.8 Å². The summed E-state index contributed by atoms with van der Waals surface area (Å²) in [5, 5.41) is 13.2. The molecule has 0 spiro atoms. The molecule has 0 aliphatic heterocycles. The van der Waals surface area contributed by atoms with Gasteiger partial charge in [-0.25, -0.2) is 4.39 Å². The van der Waals surface area contributed by atoms with Crippen LogP contribution in [0, 0.1) is 17.1 Å². The number of carbonyl (C=O) groups is 1. The van der Waals surface area contributed by atoms with Crippen molar-refractivity contribution in [2.45, 2.75) is 38.6 Å². The number of fused-ring (bicyclic) bond motifs is 1. The molecule has 1 unspecified atom stereocenters. The molecule has 0 saturated heterocycles. The number of amides is 1. The predicted molar refractivity (Wildman–Crippen MR) is 101 cm³/mol. The molecule has 2 N–H and O–H groups in total. The second kappa shape index (κ2) is 8.43. The van der Waals surface area contributed by atoms with E-state index in [-0.39, 0.29) is 11.7 Å². The summed E-state index contributed by atoms with van der Waals surface area (Å²) >= 11 is 1.56. The molecule has 1 heterocycles. The molecular weight excluding hydrogens is 349 g/mol. The maximum atomic E-state index is 13.0. The lowest BCUT2D eigenvalue weighted by Crippen LogP contribution is -3.08. The molecule has 3 rings (SSSR count). The van der Waals surface area contributed by atoms with Gasteiger partial charge in [-0.3, -0.25) is 4.79 Å². The lowest BCUT2D eigenvalue weighted by molar-refractivity contribution is -0.885. The highest BCUT2D eigenvalue weighted by atomic mass is 32.1. The fraction of sp³-hybridized carbons (Fsp3) is 0.400. The van der Waals surface area contributed by atoms with Crippen LogP contribution in [0.15, 0.2) is 24.3 Å². The quantitative estimate of drug-likeness (QED) is 0.793. The number of benzene rings is 1. The third-order valence-electron chi connectivity index (χ3n) is 4.67. The minimum Gasteiger partial charge on any atom is -0.326 e. The molecule has 1 amide bonds. The zero-order chi connectivity index (χ0) is 18.5. The number of nitrogens with one attached hydrogen (secondary N) is 2. The van der Waals surface area contributed by atoms with Crippen LogP contribution in [0.5, 0.6) is 0 Å². The number of anilines is 1. The van der Waals surface area contributed by atoms with Gasteiger partial charge in [-0.15, -0.1) is 11.3 Å². The molecule has 0 fully saturated rings. The number of hydrogen-bond donors (Lipinski definition) is 2. The number of thiophene rings is 1. The molecule has 6 heteroatoms. The molecule has 0 saturated carbocycles. The molecule has 4 nitrogen and oxygen atoms in total. The van der Waals surface area contributed by atoms with Crippen molar-refractivity contribution in [1.82, 2.24) is 0 Å². The summed E-state index contributed by atoms with van der Waals surface area (Å²) in [7, 11) is 1.93. The Bertz CT molecular complexity index is 823. The molecule has 136 valence electrons. The lowest BCUT2D eigenvalue weighted by atomic mass is 10.1. The largest absolute Gasteiger partial charge is 0.326 e. The molecular formula is C20H23FN3OS+. The Morgan fingerprint density at radius 1 is 1.27 bits per heavy atom. The average molecular weight is 372 g/mol. The van der Waals surface area contributed by atoms with Crippen LogP contribution < -0.4 is 10.2 Å². The predicted octanol–water partition coefficient (Wildman–Crippen LogP) is 2.68. The minimum absolute atomic E-state index is 0.0995. The third-order valence-corrected chi connectivity index (χ3v) is 5.87. The van der Waals surface area contributed by atoms with E-state index in [1.807, 2.05) is 7.05 Å². The van der Waals surface area contributed by atoms with Gasteiger partial charge in [0.2, 0.25) is 0 Å². The highest BCUT2D eigenvalue weighted by Crippen LogP contribution is 2.36. The standard InChI is InChI=1S/C20H22FN3OS/c1-24(12-14-7-9-15(21)10-8-14)13-19(25)23-20-17(11-22)16-5-3-2-4-6-18(16)26-20/h7-10H,2-6,12-13H2,1H3,(H,23,25)/p+1. The van der Waals surface area contributed by atoms with E-state index in [0.29, 0.717) is 23.7 Å². The number of rotatable bonds is 5. The van der Waals surface area contributed by atoms with Crippen molar-refractivity contribution in [2.24, 2.45) is 0 Å². The monoisotopic (exact) mass is 372 g/mol. The maximum Gasteiger partial charge on any atom is 0.280 e. The number of likely N-dealkylation sites (N-methyl/N-ethyl adjacent to an activating group) is 1. The van der Waals surface area contributed by atoms with E-state index in [1.54, 1.807) is 23.5 Å². The zero-order valence-electron chi connectivity index (χ0n) is 14.9. The van der Waals surface area contributed by atoms with Gasteiger partial charge in [0.1, 0.15) is 23.4 Å². The first-order valence-electron chi connectivity index (χ1n) is 8.97. The van der Waals surface area contributed by atoms with Crippen molar-refractivity contribution in [3.63, 3.8) is 0 Å². The summed E-state index contributed by atoms with van der Waals surface area (Å²) in [4.78, 5) is 14.7. The molecule has 1 aromatic carbocycles. The molecule has 26 heavy (non-hydrogen) atoms. The van der Waals surface area contributed by atoms with E-state index < -0.39 is 0 Å². The molecule has 1 aliphatic rings. The average Bonchev–Trinajstić information content (AvgIpc) is 2.76. The number of halogens is 1. The topological polar surface area (TPSA) is 57.3 Å². The van der Waals surface area contributed by atoms with Gasteiger partial charge in [0.15, 0.2) is 6.54 Å². The van der Waals surface area contributed by atoms with Crippen molar-refractivity contribution in [1.29, 1.82) is 5.26 Å². The summed E-state index contributed by atoms with van der Waals surface area (Å²) < 4.78 is 13.0. The zero-order valence-corrected chi connectivity index (χ0v) is 15.7. The van der Waals surface area contributed by atoms with Crippen molar-refractivity contribution < 1.29 is 14.1 Å². The van der Waals surface area contributed by atoms with Crippen LogP contribution in [0.4, 0.5) is 9.39 Å². The van der Waals surface area contributed by atoms with Gasteiger partial charge in [-0.05, 0) is 43.4 Å². The van der Waals surface area contributed by atoms with Crippen LogP contribution in [0.2, 0.25) is 0 Å². The van der Waals surface area contributed by atoms with Crippen molar-refractivity contribution in [2.75, 3.05) is 18.9 Å². The van der Waals surface area contributed by atoms with Gasteiger partial charge >= 0.3 is 0 Å². The van der Waals surface area contributed by atoms with Crippen LogP contribution in [0.25, 0.3) is 0 Å². The first-order valence-corrected chi connectivity index (χ1v) is 9.78. The van der Waals surface area contributed by atoms with Gasteiger partial charge in [0, 0.05) is 10.4 Å². The Hall–Kier alpha value is -2.23. The van der Waals surface area contributed by atoms with Crippen LogP contribution in [-0.2, 0) is 24.2 Å².